The van der Waals surface area contributed by atoms with Gasteiger partial charge in [-0.25, -0.2) is 26.2 Å². The first kappa shape index (κ1) is 24.4. The SMILES string of the molecule is O=S1(=O)CCC(Oc2ccnc3ccc(-c4cnc(Cl)c(NS(=O)(=O)c5ccc(F)cc5)c4)cc23)C1. The number of sulfonamides is 1. The number of pyridine rings is 2. The van der Waals surface area contributed by atoms with Crippen molar-refractivity contribution < 1.29 is 26.0 Å². The van der Waals surface area contributed by atoms with E-state index in [0.717, 1.165) is 24.3 Å². The van der Waals surface area contributed by atoms with Crippen molar-refractivity contribution in [2.45, 2.75) is 17.4 Å². The van der Waals surface area contributed by atoms with E-state index in [2.05, 4.69) is 14.7 Å². The minimum Gasteiger partial charge on any atom is -0.489 e. The number of benzene rings is 2. The molecule has 1 saturated heterocycles. The van der Waals surface area contributed by atoms with Gasteiger partial charge in [0.25, 0.3) is 10.0 Å². The van der Waals surface area contributed by atoms with E-state index in [0.29, 0.717) is 34.2 Å². The number of fused-ring (bicyclic) bond motifs is 1. The number of hydrogen-bond acceptors (Lipinski definition) is 7. The fourth-order valence-corrected chi connectivity index (χ4v) is 6.79. The van der Waals surface area contributed by atoms with Crippen LogP contribution in [-0.2, 0) is 19.9 Å². The lowest BCUT2D eigenvalue weighted by Gasteiger charge is -2.15. The molecule has 1 aliphatic heterocycles. The minimum absolute atomic E-state index is 0.0326. The van der Waals surface area contributed by atoms with Crippen LogP contribution in [0.1, 0.15) is 6.42 Å². The van der Waals surface area contributed by atoms with Crippen LogP contribution in [0.15, 0.2) is 71.9 Å². The normalized spacial score (nSPS) is 17.2. The number of halogens is 2. The van der Waals surface area contributed by atoms with Crippen LogP contribution in [0.3, 0.4) is 0 Å². The van der Waals surface area contributed by atoms with Crippen LogP contribution in [0.5, 0.6) is 5.75 Å². The molecule has 1 atom stereocenters. The zero-order valence-corrected chi connectivity index (χ0v) is 20.9. The topological polar surface area (TPSA) is 115 Å². The van der Waals surface area contributed by atoms with E-state index in [1.807, 2.05) is 6.07 Å². The maximum Gasteiger partial charge on any atom is 0.261 e. The molecule has 8 nitrogen and oxygen atoms in total. The molecule has 0 aliphatic carbocycles. The Morgan fingerprint density at radius 1 is 1.03 bits per heavy atom. The van der Waals surface area contributed by atoms with E-state index in [-0.39, 0.29) is 27.2 Å². The Balaban J connectivity index is 1.48. The highest BCUT2D eigenvalue weighted by molar-refractivity contribution is 7.92. The van der Waals surface area contributed by atoms with Crippen molar-refractivity contribution in [2.75, 3.05) is 16.2 Å². The summed E-state index contributed by atoms with van der Waals surface area (Å²) in [5.74, 6) is 0.0104. The lowest BCUT2D eigenvalue weighted by Crippen LogP contribution is -2.17. The molecule has 2 aromatic heterocycles. The average Bonchev–Trinajstić information content (AvgIpc) is 3.18. The molecule has 0 spiro atoms. The Hall–Kier alpha value is -3.28. The fraction of sp³-hybridized carbons (Fsp3) is 0.167. The summed E-state index contributed by atoms with van der Waals surface area (Å²) in [6, 6.07) is 13.0. The lowest BCUT2D eigenvalue weighted by molar-refractivity contribution is 0.231. The molecule has 1 aliphatic rings. The van der Waals surface area contributed by atoms with Gasteiger partial charge in [-0.1, -0.05) is 17.7 Å². The summed E-state index contributed by atoms with van der Waals surface area (Å²) in [4.78, 5) is 8.33. The van der Waals surface area contributed by atoms with E-state index in [1.165, 1.54) is 12.3 Å². The van der Waals surface area contributed by atoms with Crippen molar-refractivity contribution in [1.82, 2.24) is 9.97 Å². The molecule has 0 bridgehead atoms. The molecular weight excluding hydrogens is 529 g/mol. The second-order valence-corrected chi connectivity index (χ2v) is 12.6. The van der Waals surface area contributed by atoms with Crippen molar-refractivity contribution in [1.29, 1.82) is 0 Å². The van der Waals surface area contributed by atoms with Crippen LogP contribution in [-0.4, -0.2) is 44.4 Å². The number of nitrogens with zero attached hydrogens (tertiary/aromatic N) is 2. The Bertz CT molecular complexity index is 1680. The predicted octanol–water partition coefficient (Wildman–Crippen LogP) is 4.46. The van der Waals surface area contributed by atoms with Crippen LogP contribution in [0.2, 0.25) is 5.15 Å². The van der Waals surface area contributed by atoms with Crippen molar-refractivity contribution in [3.05, 3.63) is 78.0 Å². The number of sulfone groups is 1. The molecule has 3 heterocycles. The van der Waals surface area contributed by atoms with Crippen molar-refractivity contribution in [3.63, 3.8) is 0 Å². The molecule has 0 radical (unpaired) electrons. The van der Waals surface area contributed by atoms with Gasteiger partial charge in [-0.15, -0.1) is 0 Å². The fourth-order valence-electron chi connectivity index (χ4n) is 3.93. The summed E-state index contributed by atoms with van der Waals surface area (Å²) in [5, 5.41) is 0.612. The van der Waals surface area contributed by atoms with Crippen LogP contribution < -0.4 is 9.46 Å². The molecule has 1 fully saturated rings. The van der Waals surface area contributed by atoms with Gasteiger partial charge >= 0.3 is 0 Å². The summed E-state index contributed by atoms with van der Waals surface area (Å²) >= 11 is 6.16. The quantitative estimate of drug-likeness (QED) is 0.354. The summed E-state index contributed by atoms with van der Waals surface area (Å²) in [7, 11) is -7.14. The van der Waals surface area contributed by atoms with E-state index in [9.17, 15) is 21.2 Å². The van der Waals surface area contributed by atoms with E-state index in [1.54, 1.807) is 24.4 Å². The summed E-state index contributed by atoms with van der Waals surface area (Å²) in [5.41, 5.74) is 1.95. The number of ether oxygens (including phenoxy) is 1. The third-order valence-electron chi connectivity index (χ3n) is 5.73. The van der Waals surface area contributed by atoms with Gasteiger partial charge in [-0.2, -0.15) is 0 Å². The molecule has 4 aromatic rings. The lowest BCUT2D eigenvalue weighted by atomic mass is 10.0. The largest absolute Gasteiger partial charge is 0.489 e. The zero-order valence-electron chi connectivity index (χ0n) is 18.6. The molecule has 5 rings (SSSR count). The highest BCUT2D eigenvalue weighted by atomic mass is 35.5. The van der Waals surface area contributed by atoms with E-state index >= 15 is 0 Å². The van der Waals surface area contributed by atoms with E-state index < -0.39 is 31.8 Å². The van der Waals surface area contributed by atoms with Gasteiger partial charge in [0.05, 0.1) is 27.6 Å². The highest BCUT2D eigenvalue weighted by Crippen LogP contribution is 2.33. The van der Waals surface area contributed by atoms with Crippen LogP contribution in [0.25, 0.3) is 22.0 Å². The number of hydrogen-bond donors (Lipinski definition) is 1. The Morgan fingerprint density at radius 3 is 2.53 bits per heavy atom. The monoisotopic (exact) mass is 547 g/mol. The van der Waals surface area contributed by atoms with Gasteiger partial charge in [0, 0.05) is 23.3 Å². The Labute approximate surface area is 212 Å². The number of anilines is 1. The Kier molecular flexibility index (Phi) is 6.31. The molecule has 1 N–H and O–H groups in total. The first-order valence-corrected chi connectivity index (χ1v) is 14.5. The predicted molar refractivity (Wildman–Crippen MR) is 135 cm³/mol. The molecule has 36 heavy (non-hydrogen) atoms. The molecule has 2 aromatic carbocycles. The first-order valence-electron chi connectivity index (χ1n) is 10.8. The number of nitrogens with one attached hydrogen (secondary N) is 1. The smallest absolute Gasteiger partial charge is 0.261 e. The Morgan fingerprint density at radius 2 is 1.81 bits per heavy atom. The molecule has 1 unspecified atom stereocenters. The van der Waals surface area contributed by atoms with Gasteiger partial charge in [0.15, 0.2) is 15.0 Å². The second kappa shape index (κ2) is 9.30. The molecule has 12 heteroatoms. The van der Waals surface area contributed by atoms with Crippen LogP contribution >= 0.6 is 11.6 Å². The maximum absolute atomic E-state index is 13.2. The average molecular weight is 548 g/mol. The van der Waals surface area contributed by atoms with Gasteiger partial charge in [-0.3, -0.25) is 9.71 Å². The van der Waals surface area contributed by atoms with Gasteiger partial charge in [0.1, 0.15) is 17.7 Å². The molecular formula is C24H19ClFN3O5S2. The maximum atomic E-state index is 13.2. The van der Waals surface area contributed by atoms with Crippen LogP contribution in [0, 0.1) is 5.82 Å². The van der Waals surface area contributed by atoms with Gasteiger partial charge in [0.2, 0.25) is 0 Å². The van der Waals surface area contributed by atoms with Crippen molar-refractivity contribution in [2.24, 2.45) is 0 Å². The highest BCUT2D eigenvalue weighted by Gasteiger charge is 2.29. The summed E-state index contributed by atoms with van der Waals surface area (Å²) in [6.07, 6.45) is 3.07. The summed E-state index contributed by atoms with van der Waals surface area (Å²) in [6.45, 7) is 0. The number of rotatable bonds is 6. The van der Waals surface area contributed by atoms with Crippen LogP contribution in [0.4, 0.5) is 10.1 Å². The standard InChI is InChI=1S/C24H19ClFN3O5S2/c25-24-22(29-36(32,33)19-4-2-17(26)3-5-19)12-16(13-28-24)15-1-6-21-20(11-15)23(7-9-27-21)34-18-8-10-35(30,31)14-18/h1-7,9,11-13,18,29H,8,10,14H2. The van der Waals surface area contributed by atoms with Crippen molar-refractivity contribution >= 4 is 48.1 Å². The third kappa shape index (κ3) is 5.13. The van der Waals surface area contributed by atoms with Gasteiger partial charge in [-0.05, 0) is 60.5 Å². The number of aromatic nitrogens is 2. The van der Waals surface area contributed by atoms with Crippen molar-refractivity contribution in [3.8, 4) is 16.9 Å². The molecule has 0 saturated carbocycles. The molecule has 186 valence electrons. The van der Waals surface area contributed by atoms with E-state index in [4.69, 9.17) is 16.3 Å². The second-order valence-electron chi connectivity index (χ2n) is 8.31. The molecule has 0 amide bonds. The van der Waals surface area contributed by atoms with Gasteiger partial charge < -0.3 is 4.74 Å². The first-order chi connectivity index (χ1) is 17.1. The zero-order chi connectivity index (χ0) is 25.5. The minimum atomic E-state index is -4.04. The summed E-state index contributed by atoms with van der Waals surface area (Å²) < 4.78 is 70.8. The third-order valence-corrected chi connectivity index (χ3v) is 9.15.